The van der Waals surface area contributed by atoms with Crippen LogP contribution in [0.5, 0.6) is 0 Å². The molecule has 5 heteroatoms. The Hall–Kier alpha value is -1.98. The van der Waals surface area contributed by atoms with E-state index < -0.39 is 0 Å². The van der Waals surface area contributed by atoms with Gasteiger partial charge in [-0.3, -0.25) is 0 Å². The summed E-state index contributed by atoms with van der Waals surface area (Å²) in [5.41, 5.74) is 3.87. The van der Waals surface area contributed by atoms with Gasteiger partial charge in [-0.1, -0.05) is 38.1 Å². The number of likely N-dealkylation sites (tertiary alicyclic amines) is 1. The molecule has 0 unspecified atom stereocenters. The second kappa shape index (κ2) is 7.56. The van der Waals surface area contributed by atoms with E-state index in [0.29, 0.717) is 12.0 Å². The van der Waals surface area contributed by atoms with Crippen LogP contribution in [0.25, 0.3) is 21.3 Å². The van der Waals surface area contributed by atoms with E-state index in [1.54, 1.807) is 17.7 Å². The molecule has 0 N–H and O–H groups in total. The summed E-state index contributed by atoms with van der Waals surface area (Å²) >= 11 is 1.71. The number of thiophene rings is 1. The van der Waals surface area contributed by atoms with Crippen LogP contribution in [0, 0.1) is 0 Å². The first-order chi connectivity index (χ1) is 13.0. The largest absolute Gasteiger partial charge is 0.356 e. The van der Waals surface area contributed by atoms with Gasteiger partial charge in [0.05, 0.1) is 5.39 Å². The van der Waals surface area contributed by atoms with Crippen LogP contribution in [0.15, 0.2) is 36.0 Å². The van der Waals surface area contributed by atoms with Crippen molar-refractivity contribution in [2.45, 2.75) is 38.6 Å². The van der Waals surface area contributed by atoms with Crippen LogP contribution < -0.4 is 4.90 Å². The second-order valence-electron chi connectivity index (χ2n) is 7.95. The Balaban J connectivity index is 1.73. The molecule has 0 spiro atoms. The molecule has 1 aliphatic rings. The molecule has 0 amide bonds. The molecule has 0 saturated carbocycles. The molecule has 2 aromatic heterocycles. The molecule has 0 bridgehead atoms. The summed E-state index contributed by atoms with van der Waals surface area (Å²) in [5.74, 6) is 1.62. The minimum atomic E-state index is 0.537. The number of fused-ring (bicyclic) bond motifs is 1. The van der Waals surface area contributed by atoms with Crippen LogP contribution in [0.4, 0.5) is 5.82 Å². The van der Waals surface area contributed by atoms with E-state index >= 15 is 0 Å². The molecular weight excluding hydrogens is 352 g/mol. The molecule has 27 heavy (non-hydrogen) atoms. The number of piperidine rings is 1. The van der Waals surface area contributed by atoms with E-state index in [1.165, 1.54) is 34.9 Å². The summed E-state index contributed by atoms with van der Waals surface area (Å²) in [6, 6.07) is 9.50. The fourth-order valence-corrected chi connectivity index (χ4v) is 4.85. The van der Waals surface area contributed by atoms with Gasteiger partial charge in [0, 0.05) is 24.0 Å². The Kier molecular flexibility index (Phi) is 5.15. The van der Waals surface area contributed by atoms with Gasteiger partial charge in [-0.15, -0.1) is 11.3 Å². The summed E-state index contributed by atoms with van der Waals surface area (Å²) < 4.78 is 0. The maximum absolute atomic E-state index is 4.71. The van der Waals surface area contributed by atoms with E-state index in [1.807, 2.05) is 0 Å². The predicted molar refractivity (Wildman–Crippen MR) is 116 cm³/mol. The fraction of sp³-hybridized carbons (Fsp3) is 0.455. The first-order valence-corrected chi connectivity index (χ1v) is 10.7. The SMILES string of the molecule is CC(C)c1ccc(-c2csc3ncnc(N(C)C4CCN(C)CC4)c23)cc1. The Morgan fingerprint density at radius 2 is 1.81 bits per heavy atom. The molecule has 0 atom stereocenters. The minimum absolute atomic E-state index is 0.537. The molecule has 0 radical (unpaired) electrons. The van der Waals surface area contributed by atoms with Crippen molar-refractivity contribution in [2.24, 2.45) is 0 Å². The maximum Gasteiger partial charge on any atom is 0.141 e. The second-order valence-corrected chi connectivity index (χ2v) is 8.81. The third kappa shape index (κ3) is 3.58. The van der Waals surface area contributed by atoms with Gasteiger partial charge in [-0.25, -0.2) is 9.97 Å². The lowest BCUT2D eigenvalue weighted by Crippen LogP contribution is -2.42. The predicted octanol–water partition coefficient (Wildman–Crippen LogP) is 5.01. The number of hydrogen-bond donors (Lipinski definition) is 0. The Bertz CT molecular complexity index is 908. The van der Waals surface area contributed by atoms with Gasteiger partial charge in [0.2, 0.25) is 0 Å². The number of benzene rings is 1. The molecule has 1 fully saturated rings. The minimum Gasteiger partial charge on any atom is -0.356 e. The lowest BCUT2D eigenvalue weighted by molar-refractivity contribution is 0.252. The Labute approximate surface area is 165 Å². The number of hydrogen-bond acceptors (Lipinski definition) is 5. The van der Waals surface area contributed by atoms with Crippen LogP contribution in [0.2, 0.25) is 0 Å². The van der Waals surface area contributed by atoms with Crippen molar-refractivity contribution < 1.29 is 0 Å². The molecule has 4 nitrogen and oxygen atoms in total. The van der Waals surface area contributed by atoms with Gasteiger partial charge >= 0.3 is 0 Å². The van der Waals surface area contributed by atoms with E-state index in [-0.39, 0.29) is 0 Å². The Morgan fingerprint density at radius 3 is 2.48 bits per heavy atom. The lowest BCUT2D eigenvalue weighted by Gasteiger charge is -2.36. The van der Waals surface area contributed by atoms with Crippen molar-refractivity contribution in [1.82, 2.24) is 14.9 Å². The van der Waals surface area contributed by atoms with Crippen molar-refractivity contribution in [3.8, 4) is 11.1 Å². The first-order valence-electron chi connectivity index (χ1n) is 9.78. The zero-order chi connectivity index (χ0) is 19.0. The van der Waals surface area contributed by atoms with E-state index in [4.69, 9.17) is 4.98 Å². The number of nitrogens with zero attached hydrogens (tertiary/aromatic N) is 4. The van der Waals surface area contributed by atoms with Gasteiger partial charge in [-0.05, 0) is 50.0 Å². The number of rotatable bonds is 4. The van der Waals surface area contributed by atoms with Crippen LogP contribution in [0.1, 0.15) is 38.2 Å². The average Bonchev–Trinajstić information content (AvgIpc) is 3.12. The van der Waals surface area contributed by atoms with Crippen molar-refractivity contribution in [3.63, 3.8) is 0 Å². The summed E-state index contributed by atoms with van der Waals surface area (Å²) in [6.45, 7) is 6.77. The van der Waals surface area contributed by atoms with Crippen molar-refractivity contribution in [3.05, 3.63) is 41.5 Å². The number of anilines is 1. The fourth-order valence-electron chi connectivity index (χ4n) is 3.94. The molecule has 4 rings (SSSR count). The average molecular weight is 381 g/mol. The molecular formula is C22H28N4S. The van der Waals surface area contributed by atoms with Gasteiger partial charge in [0.1, 0.15) is 17.0 Å². The molecule has 1 saturated heterocycles. The quantitative estimate of drug-likeness (QED) is 0.637. The zero-order valence-corrected chi connectivity index (χ0v) is 17.5. The molecule has 3 aromatic rings. The molecule has 0 aliphatic carbocycles. The van der Waals surface area contributed by atoms with Crippen molar-refractivity contribution >= 4 is 27.4 Å². The summed E-state index contributed by atoms with van der Waals surface area (Å²) in [6.07, 6.45) is 4.08. The van der Waals surface area contributed by atoms with Crippen LogP contribution in [-0.2, 0) is 0 Å². The van der Waals surface area contributed by atoms with E-state index in [9.17, 15) is 0 Å². The standard InChI is InChI=1S/C22H28N4S/c1-15(2)16-5-7-17(8-6-16)19-13-27-22-20(19)21(23-14-24-22)26(4)18-9-11-25(3)12-10-18/h5-8,13-15,18H,9-12H2,1-4H3. The summed E-state index contributed by atoms with van der Waals surface area (Å²) in [5, 5.41) is 3.43. The van der Waals surface area contributed by atoms with Crippen LogP contribution in [-0.4, -0.2) is 48.1 Å². The topological polar surface area (TPSA) is 32.3 Å². The summed E-state index contributed by atoms with van der Waals surface area (Å²) in [7, 11) is 4.40. The summed E-state index contributed by atoms with van der Waals surface area (Å²) in [4.78, 5) is 15.1. The maximum atomic E-state index is 4.71. The van der Waals surface area contributed by atoms with Crippen LogP contribution in [0.3, 0.4) is 0 Å². The van der Waals surface area contributed by atoms with Crippen LogP contribution >= 0.6 is 11.3 Å². The zero-order valence-electron chi connectivity index (χ0n) is 16.6. The van der Waals surface area contributed by atoms with Gasteiger partial charge in [-0.2, -0.15) is 0 Å². The first kappa shape index (κ1) is 18.4. The highest BCUT2D eigenvalue weighted by molar-refractivity contribution is 7.17. The number of aromatic nitrogens is 2. The third-order valence-corrected chi connectivity index (χ3v) is 6.69. The molecule has 142 valence electrons. The molecule has 1 aliphatic heterocycles. The van der Waals surface area contributed by atoms with Gasteiger partial charge in [0.15, 0.2) is 0 Å². The molecule has 1 aromatic carbocycles. The smallest absolute Gasteiger partial charge is 0.141 e. The Morgan fingerprint density at radius 1 is 1.11 bits per heavy atom. The monoisotopic (exact) mass is 380 g/mol. The third-order valence-electron chi connectivity index (χ3n) is 5.81. The van der Waals surface area contributed by atoms with E-state index in [0.717, 1.165) is 23.7 Å². The van der Waals surface area contributed by atoms with Crippen molar-refractivity contribution in [1.29, 1.82) is 0 Å². The van der Waals surface area contributed by atoms with Crippen molar-refractivity contribution in [2.75, 3.05) is 32.1 Å². The molecule has 3 heterocycles. The highest BCUT2D eigenvalue weighted by atomic mass is 32.1. The van der Waals surface area contributed by atoms with Gasteiger partial charge < -0.3 is 9.80 Å². The van der Waals surface area contributed by atoms with Gasteiger partial charge in [0.25, 0.3) is 0 Å². The highest BCUT2D eigenvalue weighted by Gasteiger charge is 2.24. The highest BCUT2D eigenvalue weighted by Crippen LogP contribution is 2.39. The lowest BCUT2D eigenvalue weighted by atomic mass is 9.98. The normalized spacial score (nSPS) is 16.3. The van der Waals surface area contributed by atoms with E-state index in [2.05, 4.69) is 72.4 Å².